The van der Waals surface area contributed by atoms with E-state index in [0.717, 1.165) is 49.4 Å². The highest BCUT2D eigenvalue weighted by molar-refractivity contribution is 8.01. The number of halogens is 3. The fraction of sp³-hybridized carbons (Fsp3) is 0.545. The molecule has 0 aromatic carbocycles. The molecular weight excluding hydrogens is 475 g/mol. The third-order valence-electron chi connectivity index (χ3n) is 5.52. The Balaban J connectivity index is 0.000000406. The molecule has 2 aliphatic heterocycles. The minimum Gasteiger partial charge on any atom is -0.475 e. The van der Waals surface area contributed by atoms with Crippen molar-refractivity contribution in [2.24, 2.45) is 0 Å². The number of nitrogens with zero attached hydrogens (tertiary/aromatic N) is 3. The maximum Gasteiger partial charge on any atom is 0.490 e. The van der Waals surface area contributed by atoms with E-state index in [9.17, 15) is 18.0 Å². The van der Waals surface area contributed by atoms with Gasteiger partial charge in [0.25, 0.3) is 5.91 Å². The van der Waals surface area contributed by atoms with E-state index in [0.29, 0.717) is 17.9 Å². The SMILES string of the molecule is CCCc1onc(C)c1C(=O)N1CC2(CC(OCc3ccncc3)CS2)C1.O=C(O)C(F)(F)F. The van der Waals surface area contributed by atoms with E-state index in [1.165, 1.54) is 0 Å². The lowest BCUT2D eigenvalue weighted by atomic mass is 9.92. The summed E-state index contributed by atoms with van der Waals surface area (Å²) in [6.07, 6.45) is 1.42. The standard InChI is InChI=1S/C20H25N3O3S.C2HF3O2/c1-3-4-17-18(14(2)22-26-17)19(24)23-12-20(13-23)9-16(11-27-20)25-10-15-5-7-21-8-6-15;3-2(4,5)1(6)7/h5-8,16H,3-4,9-13H2,1-2H3;(H,6,7). The summed E-state index contributed by atoms with van der Waals surface area (Å²) in [4.78, 5) is 27.8. The van der Waals surface area contributed by atoms with Gasteiger partial charge in [0.15, 0.2) is 0 Å². The van der Waals surface area contributed by atoms with Gasteiger partial charge in [0.05, 0.1) is 23.2 Å². The molecule has 1 atom stereocenters. The maximum atomic E-state index is 12.9. The molecule has 12 heteroatoms. The summed E-state index contributed by atoms with van der Waals surface area (Å²) < 4.78 is 43.3. The van der Waals surface area contributed by atoms with Crippen LogP contribution in [0.3, 0.4) is 0 Å². The second-order valence-electron chi connectivity index (χ2n) is 8.27. The average molecular weight is 502 g/mol. The topological polar surface area (TPSA) is 106 Å². The summed E-state index contributed by atoms with van der Waals surface area (Å²) in [7, 11) is 0. The first kappa shape index (κ1) is 26.0. The van der Waals surface area contributed by atoms with E-state index >= 15 is 0 Å². The number of thioether (sulfide) groups is 1. The normalized spacial score (nSPS) is 18.9. The molecule has 0 saturated carbocycles. The summed E-state index contributed by atoms with van der Waals surface area (Å²) in [6, 6.07) is 3.97. The number of pyridine rings is 1. The fourth-order valence-corrected chi connectivity index (χ4v) is 5.41. The largest absolute Gasteiger partial charge is 0.490 e. The van der Waals surface area contributed by atoms with E-state index in [1.807, 2.05) is 35.7 Å². The molecule has 2 aromatic rings. The van der Waals surface area contributed by atoms with Crippen LogP contribution in [0.4, 0.5) is 13.2 Å². The van der Waals surface area contributed by atoms with Crippen molar-refractivity contribution in [3.05, 3.63) is 47.1 Å². The molecule has 1 amide bonds. The molecule has 8 nitrogen and oxygen atoms in total. The van der Waals surface area contributed by atoms with Gasteiger partial charge in [-0.05, 0) is 37.5 Å². The molecule has 34 heavy (non-hydrogen) atoms. The second-order valence-corrected chi connectivity index (χ2v) is 9.75. The summed E-state index contributed by atoms with van der Waals surface area (Å²) in [5, 5.41) is 11.1. The highest BCUT2D eigenvalue weighted by atomic mass is 32.2. The number of hydrogen-bond acceptors (Lipinski definition) is 7. The number of alkyl halides is 3. The highest BCUT2D eigenvalue weighted by Crippen LogP contribution is 2.46. The zero-order valence-electron chi connectivity index (χ0n) is 18.8. The summed E-state index contributed by atoms with van der Waals surface area (Å²) >= 11 is 1.94. The van der Waals surface area contributed by atoms with Crippen LogP contribution < -0.4 is 0 Å². The van der Waals surface area contributed by atoms with Gasteiger partial charge in [-0.2, -0.15) is 13.2 Å². The highest BCUT2D eigenvalue weighted by Gasteiger charge is 2.51. The Hall–Kier alpha value is -2.60. The summed E-state index contributed by atoms with van der Waals surface area (Å²) in [5.41, 5.74) is 2.51. The van der Waals surface area contributed by atoms with Crippen molar-refractivity contribution in [3.8, 4) is 0 Å². The molecule has 0 aliphatic carbocycles. The minimum atomic E-state index is -5.08. The molecule has 2 saturated heterocycles. The Labute approximate surface area is 198 Å². The van der Waals surface area contributed by atoms with Gasteiger partial charge < -0.3 is 19.3 Å². The molecular formula is C22H26F3N3O5S. The Bertz CT molecular complexity index is 993. The second kappa shape index (κ2) is 10.8. The van der Waals surface area contributed by atoms with E-state index in [-0.39, 0.29) is 16.8 Å². The summed E-state index contributed by atoms with van der Waals surface area (Å²) in [6.45, 7) is 6.10. The Kier molecular flexibility index (Phi) is 8.24. The number of carbonyl (C=O) groups is 2. The predicted octanol–water partition coefficient (Wildman–Crippen LogP) is 3.88. The van der Waals surface area contributed by atoms with E-state index in [2.05, 4.69) is 17.1 Å². The quantitative estimate of drug-likeness (QED) is 0.636. The predicted molar refractivity (Wildman–Crippen MR) is 117 cm³/mol. The van der Waals surface area contributed by atoms with Crippen molar-refractivity contribution in [1.82, 2.24) is 15.0 Å². The Morgan fingerprint density at radius 3 is 2.56 bits per heavy atom. The smallest absolute Gasteiger partial charge is 0.475 e. The molecule has 0 bridgehead atoms. The molecule has 4 rings (SSSR count). The fourth-order valence-electron chi connectivity index (χ4n) is 3.86. The monoisotopic (exact) mass is 501 g/mol. The number of likely N-dealkylation sites (tertiary alicyclic amines) is 1. The Morgan fingerprint density at radius 2 is 1.97 bits per heavy atom. The number of carboxylic acids is 1. The number of aliphatic carboxylic acids is 1. The van der Waals surface area contributed by atoms with E-state index < -0.39 is 12.1 Å². The van der Waals surface area contributed by atoms with Crippen molar-refractivity contribution in [2.45, 2.75) is 56.7 Å². The molecule has 0 radical (unpaired) electrons. The van der Waals surface area contributed by atoms with Crippen LogP contribution in [-0.4, -0.2) is 67.9 Å². The number of aryl methyl sites for hydroxylation is 2. The van der Waals surface area contributed by atoms with Crippen LogP contribution in [0.15, 0.2) is 29.0 Å². The zero-order chi connectivity index (χ0) is 24.9. The first-order valence-electron chi connectivity index (χ1n) is 10.7. The van der Waals surface area contributed by atoms with E-state index in [4.69, 9.17) is 19.2 Å². The van der Waals surface area contributed by atoms with Crippen molar-refractivity contribution in [3.63, 3.8) is 0 Å². The van der Waals surface area contributed by atoms with Gasteiger partial charge in [0.1, 0.15) is 11.3 Å². The maximum absolute atomic E-state index is 12.9. The first-order chi connectivity index (χ1) is 16.0. The van der Waals surface area contributed by atoms with Gasteiger partial charge >= 0.3 is 12.1 Å². The number of amides is 1. The Morgan fingerprint density at radius 1 is 1.32 bits per heavy atom. The number of carboxylic acid groups (broad SMARTS) is 1. The lowest BCUT2D eigenvalue weighted by Gasteiger charge is -2.47. The molecule has 4 heterocycles. The number of ether oxygens (including phenoxy) is 1. The van der Waals surface area contributed by atoms with Gasteiger partial charge in [-0.15, -0.1) is 11.8 Å². The third-order valence-corrected chi connectivity index (χ3v) is 7.10. The number of rotatable bonds is 6. The van der Waals surface area contributed by atoms with Crippen LogP contribution in [0, 0.1) is 6.92 Å². The van der Waals surface area contributed by atoms with Crippen LogP contribution in [0.5, 0.6) is 0 Å². The number of hydrogen-bond donors (Lipinski definition) is 1. The van der Waals surface area contributed by atoms with Crippen molar-refractivity contribution >= 4 is 23.6 Å². The van der Waals surface area contributed by atoms with Gasteiger partial charge in [0.2, 0.25) is 0 Å². The molecule has 186 valence electrons. The van der Waals surface area contributed by atoms with Gasteiger partial charge in [-0.1, -0.05) is 12.1 Å². The van der Waals surface area contributed by atoms with Crippen LogP contribution in [0.1, 0.15) is 47.1 Å². The lowest BCUT2D eigenvalue weighted by Crippen LogP contribution is -2.60. The van der Waals surface area contributed by atoms with Crippen LogP contribution >= 0.6 is 11.8 Å². The molecule has 1 spiro atoms. The van der Waals surface area contributed by atoms with Crippen molar-refractivity contribution in [2.75, 3.05) is 18.8 Å². The van der Waals surface area contributed by atoms with Crippen LogP contribution in [0.25, 0.3) is 0 Å². The molecule has 2 aliphatic rings. The first-order valence-corrected chi connectivity index (χ1v) is 11.7. The van der Waals surface area contributed by atoms with Crippen LogP contribution in [0.2, 0.25) is 0 Å². The van der Waals surface area contributed by atoms with Crippen molar-refractivity contribution in [1.29, 1.82) is 0 Å². The number of aromatic nitrogens is 2. The van der Waals surface area contributed by atoms with Gasteiger partial charge in [-0.3, -0.25) is 9.78 Å². The van der Waals surface area contributed by atoms with Gasteiger partial charge in [0, 0.05) is 37.7 Å². The average Bonchev–Trinajstić information content (AvgIpc) is 3.36. The molecule has 2 fully saturated rings. The molecule has 1 N–H and O–H groups in total. The number of carbonyl (C=O) groups excluding carboxylic acids is 1. The molecule has 1 unspecified atom stereocenters. The van der Waals surface area contributed by atoms with Crippen LogP contribution in [-0.2, 0) is 22.6 Å². The van der Waals surface area contributed by atoms with Gasteiger partial charge in [-0.25, -0.2) is 4.79 Å². The van der Waals surface area contributed by atoms with E-state index in [1.54, 1.807) is 12.4 Å². The van der Waals surface area contributed by atoms with Crippen molar-refractivity contribution < 1.29 is 37.1 Å². The molecule has 2 aromatic heterocycles. The third kappa shape index (κ3) is 6.29. The summed E-state index contributed by atoms with van der Waals surface area (Å²) in [5.74, 6) is -0.990. The lowest BCUT2D eigenvalue weighted by molar-refractivity contribution is -0.192. The minimum absolute atomic E-state index is 0.0598. The zero-order valence-corrected chi connectivity index (χ0v) is 19.6.